The van der Waals surface area contributed by atoms with Crippen LogP contribution in [0.1, 0.15) is 15.2 Å². The molecule has 0 atom stereocenters. The van der Waals surface area contributed by atoms with E-state index in [1.54, 1.807) is 18.5 Å². The monoisotopic (exact) mass is 284 g/mol. The summed E-state index contributed by atoms with van der Waals surface area (Å²) in [5, 5.41) is 11.7. The van der Waals surface area contributed by atoms with Crippen LogP contribution in [-0.4, -0.2) is 21.1 Å². The Morgan fingerprint density at radius 3 is 2.80 bits per heavy atom. The molecule has 3 rings (SSSR count). The Morgan fingerprint density at radius 1 is 1.30 bits per heavy atom. The van der Waals surface area contributed by atoms with Gasteiger partial charge >= 0.3 is 0 Å². The van der Waals surface area contributed by atoms with E-state index < -0.39 is 0 Å². The highest BCUT2D eigenvalue weighted by Gasteiger charge is 2.12. The van der Waals surface area contributed by atoms with E-state index in [9.17, 15) is 4.79 Å². The molecule has 3 aromatic rings. The molecule has 0 unspecified atom stereocenters. The van der Waals surface area contributed by atoms with E-state index in [2.05, 4.69) is 20.5 Å². The number of rotatable bonds is 3. The maximum Gasteiger partial charge on any atom is 0.267 e. The highest BCUT2D eigenvalue weighted by atomic mass is 32.1. The number of aromatic amines is 1. The number of hydrogen-bond donors (Lipinski definition) is 2. The molecule has 3 aromatic heterocycles. The largest absolute Gasteiger partial charge is 0.304 e. The van der Waals surface area contributed by atoms with Gasteiger partial charge in [-0.25, -0.2) is 0 Å². The van der Waals surface area contributed by atoms with Crippen LogP contribution in [-0.2, 0) is 0 Å². The number of carbonyl (C=O) groups excluding carboxylic acids is 1. The fourth-order valence-corrected chi connectivity index (χ4v) is 2.66. The number of pyridine rings is 1. The Morgan fingerprint density at radius 2 is 2.10 bits per heavy atom. The quantitative estimate of drug-likeness (QED) is 0.776. The van der Waals surface area contributed by atoms with Crippen molar-refractivity contribution < 1.29 is 4.79 Å². The van der Waals surface area contributed by atoms with Gasteiger partial charge in [-0.3, -0.25) is 14.9 Å². The minimum Gasteiger partial charge on any atom is -0.304 e. The number of anilines is 1. The smallest absolute Gasteiger partial charge is 0.267 e. The molecule has 0 aromatic carbocycles. The van der Waals surface area contributed by atoms with Crippen LogP contribution in [0, 0.1) is 6.92 Å². The fourth-order valence-electron chi connectivity index (χ4n) is 1.84. The van der Waals surface area contributed by atoms with Gasteiger partial charge in [0.2, 0.25) is 0 Å². The Kier molecular flexibility index (Phi) is 3.30. The van der Waals surface area contributed by atoms with Crippen molar-refractivity contribution in [3.63, 3.8) is 0 Å². The molecule has 0 spiro atoms. The first-order chi connectivity index (χ1) is 9.74. The van der Waals surface area contributed by atoms with Gasteiger partial charge in [-0.15, -0.1) is 11.3 Å². The normalized spacial score (nSPS) is 10.4. The van der Waals surface area contributed by atoms with Crippen molar-refractivity contribution in [2.45, 2.75) is 6.92 Å². The zero-order chi connectivity index (χ0) is 13.9. The van der Waals surface area contributed by atoms with Crippen molar-refractivity contribution >= 4 is 23.1 Å². The summed E-state index contributed by atoms with van der Waals surface area (Å²) < 4.78 is 0. The highest BCUT2D eigenvalue weighted by molar-refractivity contribution is 7.12. The molecule has 0 saturated carbocycles. The molecule has 1 amide bonds. The van der Waals surface area contributed by atoms with Crippen molar-refractivity contribution in [3.8, 4) is 11.3 Å². The van der Waals surface area contributed by atoms with Gasteiger partial charge in [0.05, 0.1) is 10.6 Å². The Balaban J connectivity index is 1.78. The molecule has 0 saturated heterocycles. The SMILES string of the molecule is Cc1ccsc1C(=O)Nc1cc(-c2ccncc2)[nH]n1. The molecule has 100 valence electrons. The van der Waals surface area contributed by atoms with Crippen molar-refractivity contribution in [2.24, 2.45) is 0 Å². The number of carbonyl (C=O) groups is 1. The Hall–Kier alpha value is -2.47. The van der Waals surface area contributed by atoms with Crippen LogP contribution < -0.4 is 5.32 Å². The van der Waals surface area contributed by atoms with Crippen molar-refractivity contribution in [2.75, 3.05) is 5.32 Å². The third-order valence-electron chi connectivity index (χ3n) is 2.88. The third kappa shape index (κ3) is 2.46. The summed E-state index contributed by atoms with van der Waals surface area (Å²) in [5.74, 6) is 0.375. The first-order valence-corrected chi connectivity index (χ1v) is 6.93. The van der Waals surface area contributed by atoms with Crippen molar-refractivity contribution in [1.29, 1.82) is 0 Å². The number of thiophene rings is 1. The first-order valence-electron chi connectivity index (χ1n) is 6.05. The molecule has 0 bridgehead atoms. The number of nitrogens with zero attached hydrogens (tertiary/aromatic N) is 2. The molecular formula is C14H12N4OS. The predicted octanol–water partition coefficient (Wildman–Crippen LogP) is 3.09. The van der Waals surface area contributed by atoms with Crippen LogP contribution in [0.15, 0.2) is 42.0 Å². The van der Waals surface area contributed by atoms with Crippen molar-refractivity contribution in [3.05, 3.63) is 52.5 Å². The lowest BCUT2D eigenvalue weighted by Crippen LogP contribution is -2.11. The standard InChI is InChI=1S/C14H12N4OS/c1-9-4-7-20-13(9)14(19)16-12-8-11(17-18-12)10-2-5-15-6-3-10/h2-8H,1H3,(H2,16,17,18,19). The number of nitrogens with one attached hydrogen (secondary N) is 2. The summed E-state index contributed by atoms with van der Waals surface area (Å²) in [6, 6.07) is 7.48. The average molecular weight is 284 g/mol. The second-order valence-corrected chi connectivity index (χ2v) is 5.21. The number of amides is 1. The zero-order valence-corrected chi connectivity index (χ0v) is 11.6. The van der Waals surface area contributed by atoms with Crippen LogP contribution in [0.2, 0.25) is 0 Å². The molecular weight excluding hydrogens is 272 g/mol. The second-order valence-electron chi connectivity index (χ2n) is 4.29. The summed E-state index contributed by atoms with van der Waals surface area (Å²) in [6.45, 7) is 1.92. The number of aryl methyl sites for hydroxylation is 1. The van der Waals surface area contributed by atoms with E-state index in [0.717, 1.165) is 16.8 Å². The van der Waals surface area contributed by atoms with Gasteiger partial charge in [0.15, 0.2) is 5.82 Å². The summed E-state index contributed by atoms with van der Waals surface area (Å²) in [7, 11) is 0. The van der Waals surface area contributed by atoms with Crippen LogP contribution >= 0.6 is 11.3 Å². The highest BCUT2D eigenvalue weighted by Crippen LogP contribution is 2.20. The lowest BCUT2D eigenvalue weighted by atomic mass is 10.2. The molecule has 0 aliphatic heterocycles. The Labute approximate surface area is 119 Å². The molecule has 20 heavy (non-hydrogen) atoms. The molecule has 0 aliphatic carbocycles. The molecule has 5 nitrogen and oxygen atoms in total. The van der Waals surface area contributed by atoms with Gasteiger partial charge in [-0.1, -0.05) is 0 Å². The average Bonchev–Trinajstić information content (AvgIpc) is 3.09. The van der Waals surface area contributed by atoms with Gasteiger partial charge in [-0.2, -0.15) is 5.10 Å². The van der Waals surface area contributed by atoms with Crippen LogP contribution in [0.5, 0.6) is 0 Å². The van der Waals surface area contributed by atoms with Gasteiger partial charge in [0.25, 0.3) is 5.91 Å². The molecule has 0 radical (unpaired) electrons. The first kappa shape index (κ1) is 12.6. The number of H-pyrrole nitrogens is 1. The fraction of sp³-hybridized carbons (Fsp3) is 0.0714. The van der Waals surface area contributed by atoms with E-state index in [4.69, 9.17) is 0 Å². The van der Waals surface area contributed by atoms with Gasteiger partial charge in [0.1, 0.15) is 0 Å². The molecule has 2 N–H and O–H groups in total. The topological polar surface area (TPSA) is 70.7 Å². The van der Waals surface area contributed by atoms with E-state index >= 15 is 0 Å². The van der Waals surface area contributed by atoms with E-state index in [1.165, 1.54) is 11.3 Å². The van der Waals surface area contributed by atoms with Gasteiger partial charge < -0.3 is 5.32 Å². The molecule has 3 heterocycles. The minimum atomic E-state index is -0.134. The second kappa shape index (κ2) is 5.26. The Bertz CT molecular complexity index is 732. The summed E-state index contributed by atoms with van der Waals surface area (Å²) in [5.41, 5.74) is 2.78. The summed E-state index contributed by atoms with van der Waals surface area (Å²) in [6.07, 6.45) is 3.42. The molecule has 0 fully saturated rings. The predicted molar refractivity (Wildman–Crippen MR) is 78.8 cm³/mol. The maximum absolute atomic E-state index is 12.1. The van der Waals surface area contributed by atoms with E-state index in [0.29, 0.717) is 10.7 Å². The van der Waals surface area contributed by atoms with Crippen LogP contribution in [0.25, 0.3) is 11.3 Å². The van der Waals surface area contributed by atoms with E-state index in [-0.39, 0.29) is 5.91 Å². The summed E-state index contributed by atoms with van der Waals surface area (Å²) >= 11 is 1.42. The lowest BCUT2D eigenvalue weighted by molar-refractivity contribution is 0.102. The van der Waals surface area contributed by atoms with Crippen LogP contribution in [0.3, 0.4) is 0 Å². The minimum absolute atomic E-state index is 0.134. The third-order valence-corrected chi connectivity index (χ3v) is 3.89. The lowest BCUT2D eigenvalue weighted by Gasteiger charge is -1.99. The van der Waals surface area contributed by atoms with Crippen molar-refractivity contribution in [1.82, 2.24) is 15.2 Å². The summed E-state index contributed by atoms with van der Waals surface area (Å²) in [4.78, 5) is 16.8. The molecule has 0 aliphatic rings. The van der Waals surface area contributed by atoms with Gasteiger partial charge in [-0.05, 0) is 36.1 Å². The van der Waals surface area contributed by atoms with E-state index in [1.807, 2.05) is 30.5 Å². The number of hydrogen-bond acceptors (Lipinski definition) is 4. The van der Waals surface area contributed by atoms with Crippen LogP contribution in [0.4, 0.5) is 5.82 Å². The maximum atomic E-state index is 12.1. The molecule has 6 heteroatoms. The number of aromatic nitrogens is 3. The zero-order valence-electron chi connectivity index (χ0n) is 10.8. The van der Waals surface area contributed by atoms with Gasteiger partial charge in [0, 0.05) is 24.0 Å².